The molecule has 0 aliphatic rings. The molecule has 0 saturated carbocycles. The summed E-state index contributed by atoms with van der Waals surface area (Å²) in [5, 5.41) is 0.863. The Morgan fingerprint density at radius 2 is 1.91 bits per heavy atom. The van der Waals surface area contributed by atoms with Gasteiger partial charge in [0.1, 0.15) is 0 Å². The SMILES string of the molecule is C=c1/c(=C\c2ccc(N(C)CC)cc2)o/c(=N/C(C)C)n1CC. The Morgan fingerprint density at radius 3 is 2.43 bits per heavy atom. The van der Waals surface area contributed by atoms with Gasteiger partial charge in [0.25, 0.3) is 5.68 Å². The molecule has 0 unspecified atom stereocenters. The topological polar surface area (TPSA) is 33.7 Å². The van der Waals surface area contributed by atoms with Crippen molar-refractivity contribution in [2.45, 2.75) is 40.3 Å². The van der Waals surface area contributed by atoms with E-state index in [9.17, 15) is 0 Å². The zero-order valence-electron chi connectivity index (χ0n) is 14.8. The first kappa shape index (κ1) is 17.1. The first-order valence-electron chi connectivity index (χ1n) is 8.21. The minimum Gasteiger partial charge on any atom is -0.424 e. The Kier molecular flexibility index (Phi) is 5.48. The van der Waals surface area contributed by atoms with Crippen LogP contribution >= 0.6 is 0 Å². The van der Waals surface area contributed by atoms with Crippen LogP contribution in [0.1, 0.15) is 33.3 Å². The zero-order valence-corrected chi connectivity index (χ0v) is 14.8. The summed E-state index contributed by atoms with van der Waals surface area (Å²) in [6.45, 7) is 14.2. The van der Waals surface area contributed by atoms with Crippen molar-refractivity contribution in [3.05, 3.63) is 46.3 Å². The van der Waals surface area contributed by atoms with Gasteiger partial charge in [0, 0.05) is 31.9 Å². The molecule has 0 atom stereocenters. The summed E-state index contributed by atoms with van der Waals surface area (Å²) in [4.78, 5) is 6.73. The van der Waals surface area contributed by atoms with Crippen molar-refractivity contribution in [3.8, 4) is 0 Å². The third-order valence-electron chi connectivity index (χ3n) is 3.83. The van der Waals surface area contributed by atoms with Crippen LogP contribution in [0.25, 0.3) is 12.7 Å². The molecule has 0 aliphatic carbocycles. The van der Waals surface area contributed by atoms with Gasteiger partial charge in [0.2, 0.25) is 0 Å². The van der Waals surface area contributed by atoms with Crippen LogP contribution in [0.15, 0.2) is 33.7 Å². The fourth-order valence-electron chi connectivity index (χ4n) is 2.38. The highest BCUT2D eigenvalue weighted by Crippen LogP contribution is 2.13. The van der Waals surface area contributed by atoms with Crippen LogP contribution in [0.4, 0.5) is 5.69 Å². The van der Waals surface area contributed by atoms with Gasteiger partial charge in [-0.05, 0) is 51.5 Å². The minimum absolute atomic E-state index is 0.190. The maximum atomic E-state index is 5.92. The number of oxazole rings is 1. The molecule has 23 heavy (non-hydrogen) atoms. The van der Waals surface area contributed by atoms with Crippen molar-refractivity contribution in [1.82, 2.24) is 4.57 Å². The van der Waals surface area contributed by atoms with Gasteiger partial charge in [-0.1, -0.05) is 18.7 Å². The van der Waals surface area contributed by atoms with Gasteiger partial charge >= 0.3 is 0 Å². The molecule has 1 aromatic carbocycles. The van der Waals surface area contributed by atoms with E-state index in [1.54, 1.807) is 0 Å². The lowest BCUT2D eigenvalue weighted by Crippen LogP contribution is -2.31. The van der Waals surface area contributed by atoms with E-state index < -0.39 is 0 Å². The molecule has 4 nitrogen and oxygen atoms in total. The first-order valence-corrected chi connectivity index (χ1v) is 8.21. The summed E-state index contributed by atoms with van der Waals surface area (Å²) in [5.74, 6) is 0. The van der Waals surface area contributed by atoms with E-state index in [1.807, 2.05) is 24.5 Å². The van der Waals surface area contributed by atoms with Crippen molar-refractivity contribution in [2.75, 3.05) is 18.5 Å². The van der Waals surface area contributed by atoms with Crippen molar-refractivity contribution >= 4 is 18.3 Å². The van der Waals surface area contributed by atoms with E-state index in [-0.39, 0.29) is 6.04 Å². The Morgan fingerprint density at radius 1 is 1.26 bits per heavy atom. The van der Waals surface area contributed by atoms with Crippen molar-refractivity contribution < 1.29 is 4.42 Å². The molecule has 0 fully saturated rings. The number of anilines is 1. The van der Waals surface area contributed by atoms with E-state index in [1.165, 1.54) is 5.69 Å². The zero-order chi connectivity index (χ0) is 17.0. The molecular formula is C19H27N3O. The summed E-state index contributed by atoms with van der Waals surface area (Å²) < 4.78 is 7.92. The third kappa shape index (κ3) is 3.95. The highest BCUT2D eigenvalue weighted by molar-refractivity contribution is 5.55. The molecule has 0 amide bonds. The molecule has 124 valence electrons. The normalized spacial score (nSPS) is 13.1. The second-order valence-electron chi connectivity index (χ2n) is 5.91. The van der Waals surface area contributed by atoms with Gasteiger partial charge in [0.15, 0.2) is 5.42 Å². The number of benzene rings is 1. The second kappa shape index (κ2) is 7.36. The average Bonchev–Trinajstić information content (AvgIpc) is 2.81. The van der Waals surface area contributed by atoms with E-state index >= 15 is 0 Å². The van der Waals surface area contributed by atoms with E-state index in [0.29, 0.717) is 5.68 Å². The molecule has 0 saturated heterocycles. The molecule has 0 spiro atoms. The lowest BCUT2D eigenvalue weighted by Gasteiger charge is -2.16. The molecule has 2 rings (SSSR count). The average molecular weight is 313 g/mol. The maximum absolute atomic E-state index is 5.92. The summed E-state index contributed by atoms with van der Waals surface area (Å²) in [5.41, 5.74) is 3.71. The van der Waals surface area contributed by atoms with Crippen molar-refractivity contribution in [2.24, 2.45) is 4.99 Å². The highest BCUT2D eigenvalue weighted by atomic mass is 16.3. The lowest BCUT2D eigenvalue weighted by atomic mass is 10.2. The van der Waals surface area contributed by atoms with Gasteiger partial charge in [0.05, 0.1) is 5.35 Å². The summed E-state index contributed by atoms with van der Waals surface area (Å²) >= 11 is 0. The van der Waals surface area contributed by atoms with E-state index in [0.717, 1.165) is 29.4 Å². The smallest absolute Gasteiger partial charge is 0.297 e. The minimum atomic E-state index is 0.190. The van der Waals surface area contributed by atoms with Gasteiger partial charge in [-0.3, -0.25) is 4.57 Å². The predicted octanol–water partition coefficient (Wildman–Crippen LogP) is 2.11. The molecule has 0 bridgehead atoms. The van der Waals surface area contributed by atoms with Crippen LogP contribution in [0.2, 0.25) is 0 Å². The van der Waals surface area contributed by atoms with Gasteiger partial charge in [-0.25, -0.2) is 4.99 Å². The standard InChI is InChI=1S/C19H27N3O/c1-7-21(6)17-11-9-16(10-12-17)13-18-15(5)22(8-2)19(23-18)20-14(3)4/h9-14H,5,7-8H2,1-4,6H3/b18-13+,20-19+. The molecule has 2 aromatic rings. The number of aromatic nitrogens is 1. The molecule has 1 heterocycles. The number of hydrogen-bond acceptors (Lipinski definition) is 3. The highest BCUT2D eigenvalue weighted by Gasteiger charge is 2.03. The van der Waals surface area contributed by atoms with Crippen LogP contribution in [-0.2, 0) is 6.54 Å². The third-order valence-corrected chi connectivity index (χ3v) is 3.83. The number of nitrogens with zero attached hydrogens (tertiary/aromatic N) is 3. The van der Waals surface area contributed by atoms with Crippen LogP contribution < -0.4 is 21.3 Å². The van der Waals surface area contributed by atoms with E-state index in [2.05, 4.69) is 61.6 Å². The molecule has 1 aromatic heterocycles. The van der Waals surface area contributed by atoms with Crippen LogP contribution in [0.5, 0.6) is 0 Å². The van der Waals surface area contributed by atoms with Crippen LogP contribution in [-0.4, -0.2) is 24.2 Å². The maximum Gasteiger partial charge on any atom is 0.297 e. The molecule has 4 heteroatoms. The molecule has 0 aliphatic heterocycles. The fourth-order valence-corrected chi connectivity index (χ4v) is 2.38. The molecule has 0 radical (unpaired) electrons. The first-order chi connectivity index (χ1) is 11.0. The van der Waals surface area contributed by atoms with Gasteiger partial charge in [-0.15, -0.1) is 0 Å². The van der Waals surface area contributed by atoms with Crippen LogP contribution in [0, 0.1) is 0 Å². The number of hydrogen-bond donors (Lipinski definition) is 0. The number of rotatable bonds is 5. The largest absolute Gasteiger partial charge is 0.424 e. The van der Waals surface area contributed by atoms with Crippen molar-refractivity contribution in [3.63, 3.8) is 0 Å². The summed E-state index contributed by atoms with van der Waals surface area (Å²) in [6.07, 6.45) is 2.02. The monoisotopic (exact) mass is 313 g/mol. The van der Waals surface area contributed by atoms with E-state index in [4.69, 9.17) is 4.42 Å². The molecular weight excluding hydrogens is 286 g/mol. The summed E-state index contributed by atoms with van der Waals surface area (Å²) in [7, 11) is 2.09. The Bertz CT molecular complexity index is 810. The fraction of sp³-hybridized carbons (Fsp3) is 0.421. The molecule has 0 N–H and O–H groups in total. The van der Waals surface area contributed by atoms with Gasteiger partial charge in [-0.2, -0.15) is 0 Å². The second-order valence-corrected chi connectivity index (χ2v) is 5.91. The summed E-state index contributed by atoms with van der Waals surface area (Å²) in [6, 6.07) is 8.62. The van der Waals surface area contributed by atoms with Crippen LogP contribution in [0.3, 0.4) is 0 Å². The Balaban J connectivity index is 2.48. The Labute approximate surface area is 138 Å². The lowest BCUT2D eigenvalue weighted by molar-refractivity contribution is 0.432. The quantitative estimate of drug-likeness (QED) is 0.847. The Hall–Kier alpha value is -2.23. The van der Waals surface area contributed by atoms with Crippen molar-refractivity contribution in [1.29, 1.82) is 0 Å². The predicted molar refractivity (Wildman–Crippen MR) is 96.8 cm³/mol. The van der Waals surface area contributed by atoms with Gasteiger partial charge < -0.3 is 9.32 Å².